The van der Waals surface area contributed by atoms with Crippen LogP contribution in [0.2, 0.25) is 0 Å². The molecule has 0 aliphatic heterocycles. The Hall–Kier alpha value is -1.26. The molecule has 0 aliphatic carbocycles. The zero-order valence-corrected chi connectivity index (χ0v) is 10.6. The third-order valence-electron chi connectivity index (χ3n) is 2.82. The van der Waals surface area contributed by atoms with E-state index in [-0.39, 0.29) is 0 Å². The second-order valence-corrected chi connectivity index (χ2v) is 4.30. The van der Waals surface area contributed by atoms with E-state index in [0.29, 0.717) is 0 Å². The quantitative estimate of drug-likeness (QED) is 0.608. The van der Waals surface area contributed by atoms with Gasteiger partial charge < -0.3 is 5.73 Å². The van der Waals surface area contributed by atoms with Crippen LogP contribution in [0.15, 0.2) is 12.1 Å². The zero-order chi connectivity index (χ0) is 12.0. The first-order valence-corrected chi connectivity index (χ1v) is 5.92. The smallest absolute Gasteiger partial charge is 0.0277 e. The molecule has 1 nitrogen and oxygen atoms in total. The van der Waals surface area contributed by atoms with Crippen LogP contribution < -0.4 is 5.73 Å². The van der Waals surface area contributed by atoms with Gasteiger partial charge >= 0.3 is 0 Å². The Morgan fingerprint density at radius 2 is 1.69 bits per heavy atom. The number of nitrogens with two attached hydrogens (primary N) is 1. The van der Waals surface area contributed by atoms with Crippen molar-refractivity contribution < 1.29 is 0 Å². The lowest BCUT2D eigenvalue weighted by molar-refractivity contribution is 0.768. The highest BCUT2D eigenvalue weighted by molar-refractivity contribution is 5.45. The molecular weight excluding hydrogens is 194 g/mol. The van der Waals surface area contributed by atoms with E-state index in [9.17, 15) is 0 Å². The van der Waals surface area contributed by atoms with Crippen molar-refractivity contribution in [1.82, 2.24) is 0 Å². The summed E-state index contributed by atoms with van der Waals surface area (Å²) in [5, 5.41) is 0. The highest BCUT2D eigenvalue weighted by atomic mass is 14.5. The van der Waals surface area contributed by atoms with Crippen molar-refractivity contribution in [1.29, 1.82) is 0 Å². The van der Waals surface area contributed by atoms with E-state index in [0.717, 1.165) is 31.4 Å². The fraction of sp³-hybridized carbons (Fsp3) is 0.467. The number of aryl methyl sites for hydroxylation is 3. The summed E-state index contributed by atoms with van der Waals surface area (Å²) in [6.45, 7) is 7.16. The summed E-state index contributed by atoms with van der Waals surface area (Å²) in [6, 6.07) is 4.39. The molecule has 0 unspecified atom stereocenters. The first-order valence-electron chi connectivity index (χ1n) is 5.92. The molecule has 0 saturated carbocycles. The van der Waals surface area contributed by atoms with Gasteiger partial charge in [-0.2, -0.15) is 0 Å². The second-order valence-electron chi connectivity index (χ2n) is 4.30. The monoisotopic (exact) mass is 215 g/mol. The summed E-state index contributed by atoms with van der Waals surface area (Å²) in [4.78, 5) is 0. The minimum absolute atomic E-state index is 0.768. The summed E-state index contributed by atoms with van der Waals surface area (Å²) in [7, 11) is 0. The van der Waals surface area contributed by atoms with Gasteiger partial charge in [-0.1, -0.05) is 17.9 Å². The molecule has 1 aromatic carbocycles. The molecule has 0 spiro atoms. The van der Waals surface area contributed by atoms with Gasteiger partial charge in [-0.15, -0.1) is 0 Å². The topological polar surface area (TPSA) is 26.0 Å². The number of rotatable bonds is 3. The van der Waals surface area contributed by atoms with Crippen LogP contribution in [0.3, 0.4) is 0 Å². The van der Waals surface area contributed by atoms with Gasteiger partial charge in [0.15, 0.2) is 0 Å². The predicted octanol–water partition coefficient (Wildman–Crippen LogP) is 3.09. The van der Waals surface area contributed by atoms with Crippen LogP contribution in [0.25, 0.3) is 0 Å². The van der Waals surface area contributed by atoms with Crippen molar-refractivity contribution in [2.45, 2.75) is 40.0 Å². The molecule has 1 aromatic rings. The highest BCUT2D eigenvalue weighted by Gasteiger charge is 1.98. The van der Waals surface area contributed by atoms with E-state index >= 15 is 0 Å². The molecule has 0 bridgehead atoms. The van der Waals surface area contributed by atoms with Crippen molar-refractivity contribution in [2.24, 2.45) is 5.73 Å². The van der Waals surface area contributed by atoms with Gasteiger partial charge in [-0.25, -0.2) is 0 Å². The number of hydrogen-bond donors (Lipinski definition) is 1. The van der Waals surface area contributed by atoms with Crippen LogP contribution >= 0.6 is 0 Å². The molecule has 0 atom stereocenters. The predicted molar refractivity (Wildman–Crippen MR) is 70.4 cm³/mol. The Morgan fingerprint density at radius 1 is 1.00 bits per heavy atom. The van der Waals surface area contributed by atoms with E-state index in [4.69, 9.17) is 5.73 Å². The van der Waals surface area contributed by atoms with Crippen molar-refractivity contribution in [3.63, 3.8) is 0 Å². The highest BCUT2D eigenvalue weighted by Crippen LogP contribution is 2.14. The third kappa shape index (κ3) is 3.72. The molecule has 1 rings (SSSR count). The molecule has 0 fully saturated rings. The molecule has 0 aromatic heterocycles. The van der Waals surface area contributed by atoms with E-state index in [1.54, 1.807) is 0 Å². The Labute approximate surface area is 99.1 Å². The van der Waals surface area contributed by atoms with Crippen LogP contribution in [-0.4, -0.2) is 6.54 Å². The first kappa shape index (κ1) is 12.8. The molecule has 2 N–H and O–H groups in total. The second kappa shape index (κ2) is 6.35. The van der Waals surface area contributed by atoms with Gasteiger partial charge in [0, 0.05) is 12.0 Å². The zero-order valence-electron chi connectivity index (χ0n) is 10.6. The Bertz CT molecular complexity index is 407. The van der Waals surface area contributed by atoms with E-state index in [1.165, 1.54) is 16.7 Å². The fourth-order valence-corrected chi connectivity index (χ4v) is 1.61. The normalized spacial score (nSPS) is 9.75. The average Bonchev–Trinajstić information content (AvgIpc) is 2.25. The van der Waals surface area contributed by atoms with Crippen molar-refractivity contribution >= 4 is 0 Å². The molecule has 1 heteroatoms. The largest absolute Gasteiger partial charge is 0.330 e. The first-order chi connectivity index (χ1) is 7.65. The summed E-state index contributed by atoms with van der Waals surface area (Å²) < 4.78 is 0. The maximum Gasteiger partial charge on any atom is 0.0277 e. The van der Waals surface area contributed by atoms with Crippen LogP contribution in [0.4, 0.5) is 0 Å². The molecule has 0 aliphatic rings. The number of unbranched alkanes of at least 4 members (excludes halogenated alkanes) is 2. The lowest BCUT2D eigenvalue weighted by Crippen LogP contribution is -1.97. The molecule has 0 amide bonds. The van der Waals surface area contributed by atoms with Gasteiger partial charge in [0.2, 0.25) is 0 Å². The molecule has 0 heterocycles. The standard InChI is InChI=1S/C15H21N/c1-12-10-14(3)15(11-13(12)2)8-6-4-5-7-9-16/h10-11H,4-5,7,9,16H2,1-3H3. The molecule has 0 radical (unpaired) electrons. The van der Waals surface area contributed by atoms with E-state index in [2.05, 4.69) is 44.7 Å². The van der Waals surface area contributed by atoms with E-state index < -0.39 is 0 Å². The average molecular weight is 215 g/mol. The minimum atomic E-state index is 0.768. The van der Waals surface area contributed by atoms with E-state index in [1.807, 2.05) is 0 Å². The Morgan fingerprint density at radius 3 is 2.38 bits per heavy atom. The summed E-state index contributed by atoms with van der Waals surface area (Å²) in [5.74, 6) is 6.47. The maximum absolute atomic E-state index is 5.43. The SMILES string of the molecule is Cc1cc(C)c(C#CCCCCN)cc1C. The molecule has 0 saturated heterocycles. The van der Waals surface area contributed by atoms with Gasteiger partial charge in [-0.05, 0) is 62.9 Å². The third-order valence-corrected chi connectivity index (χ3v) is 2.82. The lowest BCUT2D eigenvalue weighted by Gasteiger charge is -2.04. The van der Waals surface area contributed by atoms with Gasteiger partial charge in [0.1, 0.15) is 0 Å². The summed E-state index contributed by atoms with van der Waals surface area (Å²) in [5.41, 5.74) is 10.5. The van der Waals surface area contributed by atoms with Gasteiger partial charge in [-0.3, -0.25) is 0 Å². The van der Waals surface area contributed by atoms with Crippen LogP contribution in [0, 0.1) is 32.6 Å². The van der Waals surface area contributed by atoms with Crippen molar-refractivity contribution in [2.75, 3.05) is 6.54 Å². The minimum Gasteiger partial charge on any atom is -0.330 e. The number of benzene rings is 1. The van der Waals surface area contributed by atoms with Gasteiger partial charge in [0.05, 0.1) is 0 Å². The number of hydrogen-bond acceptors (Lipinski definition) is 1. The summed E-state index contributed by atoms with van der Waals surface area (Å²) >= 11 is 0. The van der Waals surface area contributed by atoms with Gasteiger partial charge in [0.25, 0.3) is 0 Å². The van der Waals surface area contributed by atoms with Crippen LogP contribution in [0.5, 0.6) is 0 Å². The molecule has 16 heavy (non-hydrogen) atoms. The van der Waals surface area contributed by atoms with Crippen LogP contribution in [0.1, 0.15) is 41.5 Å². The molecular formula is C15H21N. The lowest BCUT2D eigenvalue weighted by atomic mass is 10.0. The van der Waals surface area contributed by atoms with Crippen molar-refractivity contribution in [3.05, 3.63) is 34.4 Å². The fourth-order valence-electron chi connectivity index (χ4n) is 1.61. The summed E-state index contributed by atoms with van der Waals surface area (Å²) in [6.07, 6.45) is 3.12. The Kier molecular flexibility index (Phi) is 5.08. The molecule has 86 valence electrons. The Balaban J connectivity index is 2.69. The van der Waals surface area contributed by atoms with Crippen LogP contribution in [-0.2, 0) is 0 Å². The maximum atomic E-state index is 5.43. The van der Waals surface area contributed by atoms with Crippen molar-refractivity contribution in [3.8, 4) is 11.8 Å².